The number of nitrogens with one attached hydrogen (secondary N) is 1. The van der Waals surface area contributed by atoms with E-state index in [1.807, 2.05) is 45.0 Å². The molecule has 0 fully saturated rings. The molecule has 0 unspecified atom stereocenters. The molecule has 0 aliphatic rings. The fraction of sp³-hybridized carbons (Fsp3) is 0.500. The SMILES string of the molecule is CCc1ccc(N(C(=O)c2snc(C(N)=O)c2N)[C@H](CC(C)C)C(=O)NCCC(C)C)cc1. The van der Waals surface area contributed by atoms with Gasteiger partial charge in [0.15, 0.2) is 5.69 Å². The van der Waals surface area contributed by atoms with E-state index in [0.717, 1.165) is 29.9 Å². The van der Waals surface area contributed by atoms with Crippen molar-refractivity contribution in [2.45, 2.75) is 59.9 Å². The van der Waals surface area contributed by atoms with Crippen LogP contribution in [0.5, 0.6) is 0 Å². The van der Waals surface area contributed by atoms with Crippen molar-refractivity contribution in [3.63, 3.8) is 0 Å². The molecule has 2 rings (SSSR count). The summed E-state index contributed by atoms with van der Waals surface area (Å²) in [5.74, 6) is -0.915. The second-order valence-corrected chi connectivity index (χ2v) is 9.73. The predicted molar refractivity (Wildman–Crippen MR) is 133 cm³/mol. The first-order chi connectivity index (χ1) is 15.6. The lowest BCUT2D eigenvalue weighted by molar-refractivity contribution is -0.122. The zero-order chi connectivity index (χ0) is 24.7. The molecule has 0 saturated carbocycles. The number of nitrogen functional groups attached to an aromatic ring is 1. The predicted octanol–water partition coefficient (Wildman–Crippen LogP) is 3.61. The van der Waals surface area contributed by atoms with Crippen molar-refractivity contribution < 1.29 is 14.4 Å². The summed E-state index contributed by atoms with van der Waals surface area (Å²) in [5.41, 5.74) is 12.9. The molecule has 33 heavy (non-hydrogen) atoms. The van der Waals surface area contributed by atoms with Gasteiger partial charge >= 0.3 is 0 Å². The van der Waals surface area contributed by atoms with Gasteiger partial charge in [-0.3, -0.25) is 19.3 Å². The minimum Gasteiger partial charge on any atom is -0.395 e. The lowest BCUT2D eigenvalue weighted by atomic mass is 9.99. The number of amides is 3. The van der Waals surface area contributed by atoms with E-state index >= 15 is 0 Å². The number of carbonyl (C=O) groups excluding carboxylic acids is 3. The van der Waals surface area contributed by atoms with Gasteiger partial charge in [0.1, 0.15) is 10.9 Å². The molecular weight excluding hydrogens is 438 g/mol. The zero-order valence-corrected chi connectivity index (χ0v) is 20.9. The molecular formula is C24H35N5O3S. The third-order valence-corrected chi connectivity index (χ3v) is 6.18. The monoisotopic (exact) mass is 473 g/mol. The minimum atomic E-state index is -0.799. The Hall–Kier alpha value is -2.94. The highest BCUT2D eigenvalue weighted by Crippen LogP contribution is 2.29. The number of carbonyl (C=O) groups is 3. The first-order valence-corrected chi connectivity index (χ1v) is 12.1. The molecule has 0 aliphatic carbocycles. The van der Waals surface area contributed by atoms with E-state index in [1.54, 1.807) is 0 Å². The van der Waals surface area contributed by atoms with E-state index in [-0.39, 0.29) is 28.1 Å². The van der Waals surface area contributed by atoms with Crippen LogP contribution in [0.2, 0.25) is 0 Å². The molecule has 0 aliphatic heterocycles. The number of rotatable bonds is 11. The second-order valence-electron chi connectivity index (χ2n) is 8.95. The normalized spacial score (nSPS) is 12.1. The Morgan fingerprint density at radius 2 is 1.73 bits per heavy atom. The van der Waals surface area contributed by atoms with Crippen LogP contribution < -0.4 is 21.7 Å². The summed E-state index contributed by atoms with van der Waals surface area (Å²) in [7, 11) is 0. The summed E-state index contributed by atoms with van der Waals surface area (Å²) in [6.07, 6.45) is 2.14. The number of nitrogens with two attached hydrogens (primary N) is 2. The number of aryl methyl sites for hydroxylation is 1. The first-order valence-electron chi connectivity index (χ1n) is 11.3. The molecule has 1 aromatic heterocycles. The van der Waals surface area contributed by atoms with E-state index < -0.39 is 17.9 Å². The third kappa shape index (κ3) is 6.77. The number of aromatic nitrogens is 1. The van der Waals surface area contributed by atoms with Crippen molar-refractivity contribution >= 4 is 40.6 Å². The molecule has 9 heteroatoms. The number of benzene rings is 1. The van der Waals surface area contributed by atoms with Crippen LogP contribution in [0.4, 0.5) is 11.4 Å². The van der Waals surface area contributed by atoms with Crippen LogP contribution >= 0.6 is 11.5 Å². The van der Waals surface area contributed by atoms with Gasteiger partial charge in [-0.1, -0.05) is 46.8 Å². The van der Waals surface area contributed by atoms with E-state index in [2.05, 4.69) is 23.5 Å². The Balaban J connectivity index is 2.53. The van der Waals surface area contributed by atoms with Gasteiger partial charge < -0.3 is 16.8 Å². The van der Waals surface area contributed by atoms with Gasteiger partial charge in [-0.25, -0.2) is 0 Å². The number of nitrogens with zero attached hydrogens (tertiary/aromatic N) is 2. The van der Waals surface area contributed by atoms with E-state index in [1.165, 1.54) is 4.90 Å². The molecule has 0 saturated heterocycles. The van der Waals surface area contributed by atoms with Crippen molar-refractivity contribution in [3.05, 3.63) is 40.4 Å². The molecule has 5 N–H and O–H groups in total. The minimum absolute atomic E-state index is 0.0591. The van der Waals surface area contributed by atoms with Crippen LogP contribution in [0.15, 0.2) is 24.3 Å². The van der Waals surface area contributed by atoms with Crippen LogP contribution in [0.25, 0.3) is 0 Å². The Bertz CT molecular complexity index is 969. The van der Waals surface area contributed by atoms with Gasteiger partial charge in [0.05, 0.1) is 5.69 Å². The van der Waals surface area contributed by atoms with Gasteiger partial charge in [0.25, 0.3) is 11.8 Å². The van der Waals surface area contributed by atoms with Crippen LogP contribution in [0, 0.1) is 11.8 Å². The Morgan fingerprint density at radius 1 is 1.09 bits per heavy atom. The van der Waals surface area contributed by atoms with Crippen molar-refractivity contribution in [3.8, 4) is 0 Å². The Labute approximate surface area is 199 Å². The van der Waals surface area contributed by atoms with Crippen molar-refractivity contribution in [2.75, 3.05) is 17.2 Å². The average Bonchev–Trinajstić information content (AvgIpc) is 3.14. The zero-order valence-electron chi connectivity index (χ0n) is 20.1. The summed E-state index contributed by atoms with van der Waals surface area (Å²) in [6, 6.07) is 6.78. The number of hydrogen-bond donors (Lipinski definition) is 3. The van der Waals surface area contributed by atoms with E-state index in [9.17, 15) is 14.4 Å². The summed E-state index contributed by atoms with van der Waals surface area (Å²) >= 11 is 0.814. The average molecular weight is 474 g/mol. The van der Waals surface area contributed by atoms with Crippen LogP contribution in [0.3, 0.4) is 0 Å². The number of anilines is 2. The van der Waals surface area contributed by atoms with Crippen molar-refractivity contribution in [2.24, 2.45) is 17.6 Å². The standard InChI is InChI=1S/C24H35N5O3S/c1-6-16-7-9-17(10-8-16)29(24(32)21-19(25)20(22(26)30)28-33-21)18(13-15(4)5)23(31)27-12-11-14(2)3/h7-10,14-15,18H,6,11-13,25H2,1-5H3,(H2,26,30)(H,27,31)/t18-/m1/s1. The fourth-order valence-corrected chi connectivity index (χ4v) is 4.19. The lowest BCUT2D eigenvalue weighted by Crippen LogP contribution is -2.51. The van der Waals surface area contributed by atoms with Gasteiger partial charge in [-0.05, 0) is 60.3 Å². The molecule has 1 aromatic carbocycles. The van der Waals surface area contributed by atoms with Gasteiger partial charge in [-0.15, -0.1) is 0 Å². The topological polar surface area (TPSA) is 131 Å². The van der Waals surface area contributed by atoms with Gasteiger partial charge in [0, 0.05) is 12.2 Å². The quantitative estimate of drug-likeness (QED) is 0.459. The summed E-state index contributed by atoms with van der Waals surface area (Å²) in [4.78, 5) is 40.2. The maximum atomic E-state index is 13.8. The summed E-state index contributed by atoms with van der Waals surface area (Å²) in [6.45, 7) is 10.8. The van der Waals surface area contributed by atoms with Crippen LogP contribution in [0.1, 0.15) is 73.2 Å². The molecule has 0 bridgehead atoms. The lowest BCUT2D eigenvalue weighted by Gasteiger charge is -2.32. The van der Waals surface area contributed by atoms with E-state index in [4.69, 9.17) is 11.5 Å². The maximum absolute atomic E-state index is 13.8. The summed E-state index contributed by atoms with van der Waals surface area (Å²) in [5, 5.41) is 2.99. The molecule has 2 aromatic rings. The van der Waals surface area contributed by atoms with E-state index in [0.29, 0.717) is 24.6 Å². The maximum Gasteiger partial charge on any atom is 0.272 e. The van der Waals surface area contributed by atoms with Crippen LogP contribution in [-0.4, -0.2) is 34.7 Å². The Morgan fingerprint density at radius 3 is 2.21 bits per heavy atom. The third-order valence-electron chi connectivity index (χ3n) is 5.33. The second kappa shape index (κ2) is 11.8. The highest BCUT2D eigenvalue weighted by atomic mass is 32.1. The Kier molecular flexibility index (Phi) is 9.40. The molecule has 1 heterocycles. The molecule has 8 nitrogen and oxygen atoms in total. The van der Waals surface area contributed by atoms with Gasteiger partial charge in [0.2, 0.25) is 5.91 Å². The molecule has 1 atom stereocenters. The first kappa shape index (κ1) is 26.3. The number of primary amides is 1. The van der Waals surface area contributed by atoms with Crippen molar-refractivity contribution in [1.82, 2.24) is 9.69 Å². The summed E-state index contributed by atoms with van der Waals surface area (Å²) < 4.78 is 3.97. The molecule has 0 spiro atoms. The highest BCUT2D eigenvalue weighted by Gasteiger charge is 2.35. The largest absolute Gasteiger partial charge is 0.395 e. The molecule has 3 amide bonds. The smallest absolute Gasteiger partial charge is 0.272 e. The highest BCUT2D eigenvalue weighted by molar-refractivity contribution is 7.09. The number of hydrogen-bond acceptors (Lipinski definition) is 6. The van der Waals surface area contributed by atoms with Crippen LogP contribution in [-0.2, 0) is 11.2 Å². The molecule has 180 valence electrons. The fourth-order valence-electron chi connectivity index (χ4n) is 3.45. The molecule has 0 radical (unpaired) electrons. The van der Waals surface area contributed by atoms with Gasteiger partial charge in [-0.2, -0.15) is 4.37 Å². The van der Waals surface area contributed by atoms with Crippen molar-refractivity contribution in [1.29, 1.82) is 0 Å².